The molecule has 2 rings (SSSR count). The van der Waals surface area contributed by atoms with Crippen LogP contribution in [-0.4, -0.2) is 19.8 Å². The SMILES string of the molecule is NOCC1(C2CCOC2)CC1. The van der Waals surface area contributed by atoms with E-state index in [1.165, 1.54) is 19.3 Å². The number of rotatable bonds is 3. The molecule has 11 heavy (non-hydrogen) atoms. The van der Waals surface area contributed by atoms with Gasteiger partial charge in [-0.3, -0.25) is 0 Å². The molecule has 1 unspecified atom stereocenters. The minimum atomic E-state index is 0.408. The van der Waals surface area contributed by atoms with Crippen LogP contribution in [0.2, 0.25) is 0 Å². The van der Waals surface area contributed by atoms with Crippen molar-refractivity contribution >= 4 is 0 Å². The van der Waals surface area contributed by atoms with Crippen LogP contribution in [0.3, 0.4) is 0 Å². The summed E-state index contributed by atoms with van der Waals surface area (Å²) in [5.74, 6) is 5.80. The molecule has 0 aromatic carbocycles. The number of nitrogens with two attached hydrogens (primary N) is 1. The molecule has 2 N–H and O–H groups in total. The molecule has 64 valence electrons. The van der Waals surface area contributed by atoms with Crippen molar-refractivity contribution in [3.63, 3.8) is 0 Å². The van der Waals surface area contributed by atoms with Crippen molar-refractivity contribution in [1.82, 2.24) is 0 Å². The lowest BCUT2D eigenvalue weighted by Gasteiger charge is -2.19. The van der Waals surface area contributed by atoms with Gasteiger partial charge in [0.15, 0.2) is 0 Å². The van der Waals surface area contributed by atoms with Crippen LogP contribution in [0.25, 0.3) is 0 Å². The molecule has 2 fully saturated rings. The highest BCUT2D eigenvalue weighted by Gasteiger charge is 2.50. The van der Waals surface area contributed by atoms with Crippen LogP contribution in [0, 0.1) is 11.3 Å². The van der Waals surface area contributed by atoms with Crippen LogP contribution in [0.1, 0.15) is 19.3 Å². The summed E-state index contributed by atoms with van der Waals surface area (Å²) in [6.45, 7) is 2.57. The summed E-state index contributed by atoms with van der Waals surface area (Å²) in [6.07, 6.45) is 3.75. The normalized spacial score (nSPS) is 34.1. The second kappa shape index (κ2) is 2.73. The van der Waals surface area contributed by atoms with Crippen LogP contribution in [-0.2, 0) is 9.57 Å². The maximum atomic E-state index is 5.33. The van der Waals surface area contributed by atoms with E-state index in [0.29, 0.717) is 11.3 Å². The van der Waals surface area contributed by atoms with E-state index in [1.54, 1.807) is 0 Å². The van der Waals surface area contributed by atoms with Gasteiger partial charge in [-0.25, -0.2) is 5.90 Å². The summed E-state index contributed by atoms with van der Waals surface area (Å²) in [7, 11) is 0. The van der Waals surface area contributed by atoms with Crippen molar-refractivity contribution in [3.8, 4) is 0 Å². The zero-order valence-corrected chi connectivity index (χ0v) is 6.71. The fourth-order valence-electron chi connectivity index (χ4n) is 2.01. The first-order valence-electron chi connectivity index (χ1n) is 4.27. The molecule has 1 saturated carbocycles. The van der Waals surface area contributed by atoms with Gasteiger partial charge in [0, 0.05) is 12.0 Å². The van der Waals surface area contributed by atoms with E-state index in [1.807, 2.05) is 0 Å². The molecule has 0 spiro atoms. The van der Waals surface area contributed by atoms with Crippen molar-refractivity contribution in [3.05, 3.63) is 0 Å². The molecule has 0 amide bonds. The highest BCUT2D eigenvalue weighted by molar-refractivity contribution is 4.99. The summed E-state index contributed by atoms with van der Waals surface area (Å²) in [5, 5.41) is 0. The lowest BCUT2D eigenvalue weighted by Crippen LogP contribution is -2.23. The topological polar surface area (TPSA) is 44.5 Å². The molecule has 1 saturated heterocycles. The standard InChI is InChI=1S/C8H15NO2/c9-11-6-8(2-3-8)7-1-4-10-5-7/h7H,1-6,9H2. The minimum absolute atomic E-state index is 0.408. The van der Waals surface area contributed by atoms with E-state index in [0.717, 1.165) is 19.8 Å². The third-order valence-electron chi connectivity index (χ3n) is 3.06. The minimum Gasteiger partial charge on any atom is -0.381 e. The van der Waals surface area contributed by atoms with Crippen molar-refractivity contribution in [2.45, 2.75) is 19.3 Å². The zero-order chi connectivity index (χ0) is 7.73. The molecular weight excluding hydrogens is 142 g/mol. The first-order chi connectivity index (χ1) is 5.37. The van der Waals surface area contributed by atoms with Gasteiger partial charge in [0.1, 0.15) is 0 Å². The van der Waals surface area contributed by atoms with E-state index >= 15 is 0 Å². The molecule has 0 radical (unpaired) electrons. The van der Waals surface area contributed by atoms with Gasteiger partial charge >= 0.3 is 0 Å². The smallest absolute Gasteiger partial charge is 0.0739 e. The summed E-state index contributed by atoms with van der Waals surface area (Å²) in [4.78, 5) is 4.73. The average Bonchev–Trinajstić information content (AvgIpc) is 2.63. The molecule has 3 heteroatoms. The average molecular weight is 157 g/mol. The number of hydrogen-bond acceptors (Lipinski definition) is 3. The van der Waals surface area contributed by atoms with Crippen molar-refractivity contribution in [1.29, 1.82) is 0 Å². The fourth-order valence-corrected chi connectivity index (χ4v) is 2.01. The Hall–Kier alpha value is -0.120. The van der Waals surface area contributed by atoms with E-state index in [2.05, 4.69) is 0 Å². The second-order valence-corrected chi connectivity index (χ2v) is 3.73. The van der Waals surface area contributed by atoms with Gasteiger partial charge in [-0.1, -0.05) is 0 Å². The molecule has 1 heterocycles. The number of ether oxygens (including phenoxy) is 1. The monoisotopic (exact) mass is 157 g/mol. The van der Waals surface area contributed by atoms with Gasteiger partial charge in [0.2, 0.25) is 0 Å². The molecular formula is C8H15NO2. The third kappa shape index (κ3) is 1.28. The van der Waals surface area contributed by atoms with E-state index in [4.69, 9.17) is 15.5 Å². The highest BCUT2D eigenvalue weighted by atomic mass is 16.6. The summed E-state index contributed by atoms with van der Waals surface area (Å²) in [6, 6.07) is 0. The van der Waals surface area contributed by atoms with E-state index in [9.17, 15) is 0 Å². The quantitative estimate of drug-likeness (QED) is 0.613. The maximum absolute atomic E-state index is 5.33. The molecule has 0 aromatic heterocycles. The Balaban J connectivity index is 1.91. The Labute approximate surface area is 66.8 Å². The van der Waals surface area contributed by atoms with Crippen LogP contribution in [0.4, 0.5) is 0 Å². The van der Waals surface area contributed by atoms with Gasteiger partial charge in [0.05, 0.1) is 13.2 Å². The Morgan fingerprint density at radius 1 is 1.55 bits per heavy atom. The number of hydrogen-bond donors (Lipinski definition) is 1. The lowest BCUT2D eigenvalue weighted by atomic mass is 9.89. The Morgan fingerprint density at radius 3 is 2.82 bits per heavy atom. The Morgan fingerprint density at radius 2 is 2.36 bits per heavy atom. The van der Waals surface area contributed by atoms with Crippen LogP contribution in [0.5, 0.6) is 0 Å². The van der Waals surface area contributed by atoms with Crippen LogP contribution < -0.4 is 5.90 Å². The molecule has 0 aromatic rings. The van der Waals surface area contributed by atoms with Gasteiger partial charge in [0.25, 0.3) is 0 Å². The van der Waals surface area contributed by atoms with Gasteiger partial charge < -0.3 is 9.57 Å². The summed E-state index contributed by atoms with van der Waals surface area (Å²) >= 11 is 0. The van der Waals surface area contributed by atoms with Gasteiger partial charge in [-0.15, -0.1) is 0 Å². The summed E-state index contributed by atoms with van der Waals surface area (Å²) in [5.41, 5.74) is 0.408. The van der Waals surface area contributed by atoms with Gasteiger partial charge in [-0.2, -0.15) is 0 Å². The Kier molecular flexibility index (Phi) is 1.87. The van der Waals surface area contributed by atoms with Crippen molar-refractivity contribution in [2.75, 3.05) is 19.8 Å². The van der Waals surface area contributed by atoms with Crippen molar-refractivity contribution < 1.29 is 9.57 Å². The van der Waals surface area contributed by atoms with Crippen molar-refractivity contribution in [2.24, 2.45) is 17.2 Å². The zero-order valence-electron chi connectivity index (χ0n) is 6.71. The van der Waals surface area contributed by atoms with Crippen LogP contribution >= 0.6 is 0 Å². The first kappa shape index (κ1) is 7.53. The molecule has 1 atom stereocenters. The largest absolute Gasteiger partial charge is 0.381 e. The molecule has 2 aliphatic rings. The fraction of sp³-hybridized carbons (Fsp3) is 1.00. The summed E-state index contributed by atoms with van der Waals surface area (Å²) < 4.78 is 5.33. The molecule has 3 nitrogen and oxygen atoms in total. The van der Waals surface area contributed by atoms with E-state index < -0.39 is 0 Å². The predicted octanol–water partition coefficient (Wildman–Crippen LogP) is 0.693. The van der Waals surface area contributed by atoms with E-state index in [-0.39, 0.29) is 0 Å². The first-order valence-corrected chi connectivity index (χ1v) is 4.27. The lowest BCUT2D eigenvalue weighted by molar-refractivity contribution is 0.0592. The predicted molar refractivity (Wildman–Crippen MR) is 40.7 cm³/mol. The third-order valence-corrected chi connectivity index (χ3v) is 3.06. The Bertz CT molecular complexity index is 139. The van der Waals surface area contributed by atoms with Crippen LogP contribution in [0.15, 0.2) is 0 Å². The molecule has 0 bridgehead atoms. The second-order valence-electron chi connectivity index (χ2n) is 3.73. The maximum Gasteiger partial charge on any atom is 0.0739 e. The highest BCUT2D eigenvalue weighted by Crippen LogP contribution is 2.54. The molecule has 1 aliphatic carbocycles. The van der Waals surface area contributed by atoms with Gasteiger partial charge in [-0.05, 0) is 25.2 Å². The molecule has 1 aliphatic heterocycles.